The lowest BCUT2D eigenvalue weighted by molar-refractivity contribution is -0.115. The predicted molar refractivity (Wildman–Crippen MR) is 116 cm³/mol. The second kappa shape index (κ2) is 8.36. The number of fused-ring (bicyclic) bond motifs is 1. The van der Waals surface area contributed by atoms with Crippen molar-refractivity contribution in [2.75, 3.05) is 12.4 Å². The van der Waals surface area contributed by atoms with Crippen LogP contribution in [0.2, 0.25) is 0 Å². The highest BCUT2D eigenvalue weighted by molar-refractivity contribution is 8.00. The van der Waals surface area contributed by atoms with E-state index in [-0.39, 0.29) is 11.2 Å². The van der Waals surface area contributed by atoms with Gasteiger partial charge in [0.15, 0.2) is 5.16 Å². The van der Waals surface area contributed by atoms with Crippen LogP contribution in [-0.2, 0) is 4.79 Å². The molecule has 29 heavy (non-hydrogen) atoms. The minimum Gasteiger partial charge on any atom is -0.497 e. The van der Waals surface area contributed by atoms with Gasteiger partial charge in [0.2, 0.25) is 5.91 Å². The number of hydrogen-bond acceptors (Lipinski definition) is 5. The van der Waals surface area contributed by atoms with E-state index in [9.17, 15) is 4.79 Å². The maximum Gasteiger partial charge on any atom is 0.237 e. The van der Waals surface area contributed by atoms with Crippen LogP contribution in [0.1, 0.15) is 6.92 Å². The molecule has 0 spiro atoms. The van der Waals surface area contributed by atoms with Gasteiger partial charge >= 0.3 is 0 Å². The van der Waals surface area contributed by atoms with Crippen molar-refractivity contribution in [1.82, 2.24) is 14.8 Å². The quantitative estimate of drug-likeness (QED) is 0.478. The first-order valence-electron chi connectivity index (χ1n) is 9.15. The molecule has 0 bridgehead atoms. The fourth-order valence-corrected chi connectivity index (χ4v) is 3.81. The van der Waals surface area contributed by atoms with E-state index < -0.39 is 0 Å². The molecule has 1 aromatic heterocycles. The fraction of sp³-hybridized carbons (Fsp3) is 0.136. The summed E-state index contributed by atoms with van der Waals surface area (Å²) in [5, 5.41) is 13.7. The molecule has 0 fully saturated rings. The van der Waals surface area contributed by atoms with Crippen LogP contribution >= 0.6 is 11.8 Å². The summed E-state index contributed by atoms with van der Waals surface area (Å²) in [6, 6.07) is 21.6. The molecule has 146 valence electrons. The number of carbonyl (C=O) groups excluding carboxylic acids is 1. The lowest BCUT2D eigenvalue weighted by Gasteiger charge is -2.13. The lowest BCUT2D eigenvalue weighted by atomic mass is 10.1. The number of hydrogen-bond donors (Lipinski definition) is 1. The Kier molecular flexibility index (Phi) is 5.48. The average molecular weight is 404 g/mol. The van der Waals surface area contributed by atoms with Crippen molar-refractivity contribution < 1.29 is 9.53 Å². The van der Waals surface area contributed by atoms with E-state index in [0.717, 1.165) is 27.9 Å². The molecule has 4 rings (SSSR count). The van der Waals surface area contributed by atoms with Crippen LogP contribution < -0.4 is 10.1 Å². The second-order valence-corrected chi connectivity index (χ2v) is 7.80. The Morgan fingerprint density at radius 3 is 2.72 bits per heavy atom. The minimum atomic E-state index is -0.352. The van der Waals surface area contributed by atoms with Gasteiger partial charge in [-0.25, -0.2) is 0 Å². The summed E-state index contributed by atoms with van der Waals surface area (Å²) in [6.45, 7) is 1.85. The van der Waals surface area contributed by atoms with E-state index in [1.807, 2.05) is 78.2 Å². The molecular formula is C22H20N4O2S. The first-order chi connectivity index (χ1) is 14.1. The number of methoxy groups -OCH3 is 1. The monoisotopic (exact) mass is 404 g/mol. The predicted octanol–water partition coefficient (Wildman–Crippen LogP) is 4.55. The number of thioether (sulfide) groups is 1. The SMILES string of the molecule is COc1cccc(-n2cnnc2S[C@@H](C)C(=O)Nc2ccc3ccccc3c2)c1. The number of anilines is 1. The average Bonchev–Trinajstić information content (AvgIpc) is 3.21. The number of nitrogens with one attached hydrogen (secondary N) is 1. The third-order valence-electron chi connectivity index (χ3n) is 4.52. The highest BCUT2D eigenvalue weighted by atomic mass is 32.2. The lowest BCUT2D eigenvalue weighted by Crippen LogP contribution is -2.22. The molecular weight excluding hydrogens is 384 g/mol. The summed E-state index contributed by atoms with van der Waals surface area (Å²) in [4.78, 5) is 12.7. The van der Waals surface area contributed by atoms with Crippen LogP contribution in [0.15, 0.2) is 78.2 Å². The number of nitrogens with zero attached hydrogens (tertiary/aromatic N) is 3. The topological polar surface area (TPSA) is 69.0 Å². The summed E-state index contributed by atoms with van der Waals surface area (Å²) in [5.41, 5.74) is 1.65. The summed E-state index contributed by atoms with van der Waals surface area (Å²) in [6.07, 6.45) is 1.63. The van der Waals surface area contributed by atoms with Crippen molar-refractivity contribution in [3.63, 3.8) is 0 Å². The molecule has 1 amide bonds. The summed E-state index contributed by atoms with van der Waals surface area (Å²) < 4.78 is 7.12. The molecule has 7 heteroatoms. The molecule has 0 saturated heterocycles. The van der Waals surface area contributed by atoms with Gasteiger partial charge < -0.3 is 10.1 Å². The van der Waals surface area contributed by atoms with Crippen molar-refractivity contribution in [3.05, 3.63) is 73.1 Å². The Morgan fingerprint density at radius 1 is 1.07 bits per heavy atom. The maximum atomic E-state index is 12.7. The first-order valence-corrected chi connectivity index (χ1v) is 10.0. The number of rotatable bonds is 6. The van der Waals surface area contributed by atoms with Crippen LogP contribution in [0.25, 0.3) is 16.5 Å². The number of benzene rings is 3. The standard InChI is InChI=1S/C22H20N4O2S/c1-15(21(27)24-18-11-10-16-6-3-4-7-17(16)12-18)29-22-25-23-14-26(22)19-8-5-9-20(13-19)28-2/h3-15H,1-2H3,(H,24,27)/t15-/m0/s1. The Balaban J connectivity index is 1.48. The molecule has 0 radical (unpaired) electrons. The van der Waals surface area contributed by atoms with Crippen LogP contribution in [0.4, 0.5) is 5.69 Å². The molecule has 3 aromatic carbocycles. The second-order valence-electron chi connectivity index (χ2n) is 6.50. The van der Waals surface area contributed by atoms with Crippen molar-refractivity contribution in [2.45, 2.75) is 17.3 Å². The van der Waals surface area contributed by atoms with Gasteiger partial charge in [0, 0.05) is 11.8 Å². The summed E-state index contributed by atoms with van der Waals surface area (Å²) >= 11 is 1.35. The molecule has 6 nitrogen and oxygen atoms in total. The van der Waals surface area contributed by atoms with Crippen molar-refractivity contribution >= 4 is 34.1 Å². The minimum absolute atomic E-state index is 0.0922. The van der Waals surface area contributed by atoms with Gasteiger partial charge in [0.25, 0.3) is 0 Å². The van der Waals surface area contributed by atoms with E-state index in [1.165, 1.54) is 11.8 Å². The molecule has 0 saturated carbocycles. The van der Waals surface area contributed by atoms with Crippen molar-refractivity contribution in [2.24, 2.45) is 0 Å². The van der Waals surface area contributed by atoms with Crippen LogP contribution in [0.3, 0.4) is 0 Å². The van der Waals surface area contributed by atoms with Gasteiger partial charge in [-0.15, -0.1) is 10.2 Å². The van der Waals surface area contributed by atoms with Gasteiger partial charge in [-0.3, -0.25) is 9.36 Å². The zero-order valence-corrected chi connectivity index (χ0v) is 16.9. The van der Waals surface area contributed by atoms with Gasteiger partial charge in [0.05, 0.1) is 18.0 Å². The largest absolute Gasteiger partial charge is 0.497 e. The van der Waals surface area contributed by atoms with Gasteiger partial charge in [-0.05, 0) is 42.0 Å². The first kappa shape index (κ1) is 19.0. The van der Waals surface area contributed by atoms with Crippen LogP contribution in [0.5, 0.6) is 5.75 Å². The van der Waals surface area contributed by atoms with E-state index in [0.29, 0.717) is 5.16 Å². The van der Waals surface area contributed by atoms with Crippen molar-refractivity contribution in [3.8, 4) is 11.4 Å². The molecule has 0 aliphatic carbocycles. The highest BCUT2D eigenvalue weighted by Gasteiger charge is 2.19. The Bertz CT molecular complexity index is 1160. The van der Waals surface area contributed by atoms with E-state index in [2.05, 4.69) is 15.5 Å². The third kappa shape index (κ3) is 4.25. The highest BCUT2D eigenvalue weighted by Crippen LogP contribution is 2.27. The van der Waals surface area contributed by atoms with Gasteiger partial charge in [0.1, 0.15) is 12.1 Å². The Labute approximate surface area is 172 Å². The number of amides is 1. The zero-order chi connectivity index (χ0) is 20.2. The molecule has 1 N–H and O–H groups in total. The van der Waals surface area contributed by atoms with E-state index in [4.69, 9.17) is 4.74 Å². The van der Waals surface area contributed by atoms with Gasteiger partial charge in [-0.1, -0.05) is 48.2 Å². The fourth-order valence-electron chi connectivity index (χ4n) is 2.96. The Morgan fingerprint density at radius 2 is 1.90 bits per heavy atom. The smallest absolute Gasteiger partial charge is 0.237 e. The van der Waals surface area contributed by atoms with Gasteiger partial charge in [-0.2, -0.15) is 0 Å². The van der Waals surface area contributed by atoms with Crippen LogP contribution in [-0.4, -0.2) is 33.0 Å². The third-order valence-corrected chi connectivity index (χ3v) is 5.57. The molecule has 1 heterocycles. The summed E-state index contributed by atoms with van der Waals surface area (Å²) in [5.74, 6) is 0.653. The molecule has 0 aliphatic rings. The molecule has 0 aliphatic heterocycles. The molecule has 0 unspecified atom stereocenters. The van der Waals surface area contributed by atoms with Crippen LogP contribution in [0, 0.1) is 0 Å². The van der Waals surface area contributed by atoms with E-state index in [1.54, 1.807) is 13.4 Å². The molecule has 4 aromatic rings. The maximum absolute atomic E-state index is 12.7. The molecule has 1 atom stereocenters. The van der Waals surface area contributed by atoms with E-state index >= 15 is 0 Å². The number of carbonyl (C=O) groups is 1. The number of ether oxygens (including phenoxy) is 1. The normalized spacial score (nSPS) is 11.9. The zero-order valence-electron chi connectivity index (χ0n) is 16.1. The Hall–Kier alpha value is -3.32. The summed E-state index contributed by atoms with van der Waals surface area (Å²) in [7, 11) is 1.63. The van der Waals surface area contributed by atoms with Crippen molar-refractivity contribution in [1.29, 1.82) is 0 Å². The number of aromatic nitrogens is 3.